The van der Waals surface area contributed by atoms with Crippen LogP contribution in [0.25, 0.3) is 10.9 Å². The van der Waals surface area contributed by atoms with Crippen molar-refractivity contribution in [3.05, 3.63) is 76.5 Å². The first-order valence-corrected chi connectivity index (χ1v) is 12.7. The second kappa shape index (κ2) is 8.88. The molecule has 1 aliphatic heterocycles. The van der Waals surface area contributed by atoms with Crippen LogP contribution in [0.3, 0.4) is 0 Å². The predicted octanol–water partition coefficient (Wildman–Crippen LogP) is 4.09. The van der Waals surface area contributed by atoms with E-state index >= 15 is 0 Å². The van der Waals surface area contributed by atoms with Gasteiger partial charge in [-0.05, 0) is 61.9 Å². The number of nitriles is 1. The van der Waals surface area contributed by atoms with Crippen LogP contribution in [0.5, 0.6) is 0 Å². The topological polar surface area (TPSA) is 88.0 Å². The summed E-state index contributed by atoms with van der Waals surface area (Å²) in [4.78, 5) is 4.48. The number of aromatic nitrogens is 1. The Kier molecular flexibility index (Phi) is 5.66. The molecule has 2 aromatic carbocycles. The number of halogens is 2. The quantitative estimate of drug-likeness (QED) is 0.363. The smallest absolute Gasteiger partial charge is 0.148 e. The number of rotatable bonds is 7. The van der Waals surface area contributed by atoms with Gasteiger partial charge in [-0.25, -0.2) is 4.39 Å². The van der Waals surface area contributed by atoms with Gasteiger partial charge in [-0.3, -0.25) is 9.99 Å². The first-order valence-electron chi connectivity index (χ1n) is 12.3. The highest BCUT2D eigenvalue weighted by Crippen LogP contribution is 2.39. The molecule has 2 fully saturated rings. The van der Waals surface area contributed by atoms with Crippen molar-refractivity contribution < 1.29 is 4.39 Å². The Morgan fingerprint density at radius 2 is 1.97 bits per heavy atom. The average Bonchev–Trinajstić information content (AvgIpc) is 3.57. The molecule has 10 heteroatoms. The Morgan fingerprint density at radius 1 is 1.19 bits per heavy atom. The Labute approximate surface area is 215 Å². The average molecular weight is 502 g/mol. The van der Waals surface area contributed by atoms with Crippen LogP contribution >= 0.6 is 11.6 Å². The molecule has 1 unspecified atom stereocenters. The summed E-state index contributed by atoms with van der Waals surface area (Å²) in [6.07, 6.45) is 9.27. The zero-order valence-corrected chi connectivity index (χ0v) is 20.7. The van der Waals surface area contributed by atoms with E-state index in [0.29, 0.717) is 28.2 Å². The van der Waals surface area contributed by atoms with Gasteiger partial charge in [0.25, 0.3) is 0 Å². The maximum absolute atomic E-state index is 13.8. The standard InChI is InChI=1S/C26H26BClFN7/c27-26(16-4-6-17(29)7-5-16,23-14-36(35-34-23)20-8-9-20)33-19-10-21-24(32-18-2-1-3-18)15(12-30)13-31-25(21)22(28)11-19/h4-7,10-11,13-14,18,20,33-35H,1-3,8-9,27H2,(H,31,32). The van der Waals surface area contributed by atoms with Crippen molar-refractivity contribution in [2.45, 2.75) is 49.6 Å². The lowest BCUT2D eigenvalue weighted by Gasteiger charge is -2.34. The van der Waals surface area contributed by atoms with Crippen LogP contribution in [0.1, 0.15) is 43.2 Å². The van der Waals surface area contributed by atoms with E-state index in [-0.39, 0.29) is 5.82 Å². The Bertz CT molecular complexity index is 1400. The van der Waals surface area contributed by atoms with Crippen molar-refractivity contribution in [2.24, 2.45) is 0 Å². The summed E-state index contributed by atoms with van der Waals surface area (Å²) >= 11 is 6.73. The Hall–Kier alpha value is -3.48. The molecule has 0 radical (unpaired) electrons. The summed E-state index contributed by atoms with van der Waals surface area (Å²) < 4.78 is 13.8. The zero-order valence-electron chi connectivity index (χ0n) is 19.9. The van der Waals surface area contributed by atoms with Gasteiger partial charge in [0, 0.05) is 35.6 Å². The van der Waals surface area contributed by atoms with E-state index in [4.69, 9.17) is 11.6 Å². The first kappa shape index (κ1) is 23.0. The minimum Gasteiger partial charge on any atom is -0.381 e. The summed E-state index contributed by atoms with van der Waals surface area (Å²) in [5.74, 6) is -0.289. The van der Waals surface area contributed by atoms with Gasteiger partial charge in [-0.15, -0.1) is 5.53 Å². The van der Waals surface area contributed by atoms with Crippen LogP contribution in [0, 0.1) is 17.1 Å². The van der Waals surface area contributed by atoms with Crippen molar-refractivity contribution in [3.8, 4) is 6.07 Å². The highest BCUT2D eigenvalue weighted by atomic mass is 35.5. The lowest BCUT2D eigenvalue weighted by molar-refractivity contribution is 0.260. The molecule has 1 atom stereocenters. The second-order valence-corrected chi connectivity index (χ2v) is 10.4. The van der Waals surface area contributed by atoms with Crippen molar-refractivity contribution in [3.63, 3.8) is 0 Å². The van der Waals surface area contributed by atoms with Crippen LogP contribution in [-0.2, 0) is 5.44 Å². The Morgan fingerprint density at radius 3 is 2.64 bits per heavy atom. The van der Waals surface area contributed by atoms with Crippen LogP contribution in [-0.4, -0.2) is 29.9 Å². The van der Waals surface area contributed by atoms with Gasteiger partial charge in [0.1, 0.15) is 19.7 Å². The summed E-state index contributed by atoms with van der Waals surface area (Å²) in [5.41, 5.74) is 10.3. The molecule has 1 aromatic heterocycles. The van der Waals surface area contributed by atoms with Crippen molar-refractivity contribution in [1.29, 1.82) is 5.26 Å². The van der Waals surface area contributed by atoms with Crippen LogP contribution in [0.4, 0.5) is 15.8 Å². The van der Waals surface area contributed by atoms with Crippen LogP contribution in [0.2, 0.25) is 5.02 Å². The zero-order chi connectivity index (χ0) is 24.9. The fraction of sp³-hybridized carbons (Fsp3) is 0.308. The SMILES string of the molecule is BC(Nc1cc(Cl)c2ncc(C#N)c(NC3CCC3)c2c1)(C1=CN(C2CC2)NN1)c1ccc(F)cc1. The molecule has 3 aromatic rings. The van der Waals surface area contributed by atoms with Crippen molar-refractivity contribution in [1.82, 2.24) is 21.0 Å². The number of pyridine rings is 1. The summed E-state index contributed by atoms with van der Waals surface area (Å²) in [6.45, 7) is 0. The van der Waals surface area contributed by atoms with Gasteiger partial charge in [0.2, 0.25) is 0 Å². The van der Waals surface area contributed by atoms with E-state index in [1.165, 1.54) is 18.6 Å². The van der Waals surface area contributed by atoms with Crippen LogP contribution < -0.4 is 21.6 Å². The minimum absolute atomic E-state index is 0.289. The monoisotopic (exact) mass is 501 g/mol. The Balaban J connectivity index is 1.44. The lowest BCUT2D eigenvalue weighted by Crippen LogP contribution is -2.45. The van der Waals surface area contributed by atoms with E-state index in [2.05, 4.69) is 43.9 Å². The molecule has 0 amide bonds. The van der Waals surface area contributed by atoms with Crippen LogP contribution in [0.15, 0.2) is 54.5 Å². The highest BCUT2D eigenvalue weighted by molar-refractivity contribution is 6.36. The molecule has 4 N–H and O–H groups in total. The number of benzene rings is 2. The minimum atomic E-state index is -0.733. The van der Waals surface area contributed by atoms with Gasteiger partial charge in [-0.2, -0.15) is 5.26 Å². The third kappa shape index (κ3) is 4.10. The number of anilines is 2. The molecule has 0 spiro atoms. The van der Waals surface area contributed by atoms with E-state index in [0.717, 1.165) is 53.7 Å². The summed E-state index contributed by atoms with van der Waals surface area (Å²) in [5, 5.41) is 20.3. The second-order valence-electron chi connectivity index (χ2n) is 9.96. The molecule has 2 saturated carbocycles. The number of nitrogens with one attached hydrogen (secondary N) is 4. The molecule has 2 heterocycles. The molecule has 3 aliphatic rings. The van der Waals surface area contributed by atoms with Gasteiger partial charge in [-0.1, -0.05) is 23.7 Å². The summed E-state index contributed by atoms with van der Waals surface area (Å²) in [7, 11) is 2.05. The number of fused-ring (bicyclic) bond motifs is 1. The molecule has 6 rings (SSSR count). The molecular formula is C26H26BClFN7. The normalized spacial score (nSPS) is 19.1. The third-order valence-electron chi connectivity index (χ3n) is 7.38. The third-order valence-corrected chi connectivity index (χ3v) is 7.67. The molecule has 7 nitrogen and oxygen atoms in total. The largest absolute Gasteiger partial charge is 0.381 e. The highest BCUT2D eigenvalue weighted by Gasteiger charge is 2.38. The lowest BCUT2D eigenvalue weighted by atomic mass is 9.69. The van der Waals surface area contributed by atoms with Gasteiger partial charge >= 0.3 is 0 Å². The van der Waals surface area contributed by atoms with E-state index in [1.807, 2.05) is 20.0 Å². The van der Waals surface area contributed by atoms with E-state index in [9.17, 15) is 9.65 Å². The molecular weight excluding hydrogens is 476 g/mol. The first-order chi connectivity index (χ1) is 17.4. The van der Waals surface area contributed by atoms with Crippen molar-refractivity contribution in [2.75, 3.05) is 10.6 Å². The number of nitrogens with zero attached hydrogens (tertiary/aromatic N) is 3. The maximum atomic E-state index is 13.8. The molecule has 182 valence electrons. The molecule has 36 heavy (non-hydrogen) atoms. The van der Waals surface area contributed by atoms with E-state index < -0.39 is 5.44 Å². The maximum Gasteiger partial charge on any atom is 0.148 e. The fourth-order valence-corrected chi connectivity index (χ4v) is 5.10. The fourth-order valence-electron chi connectivity index (χ4n) is 4.83. The molecule has 0 bridgehead atoms. The number of hydrogen-bond donors (Lipinski definition) is 4. The number of hydrazine groups is 2. The van der Waals surface area contributed by atoms with Crippen molar-refractivity contribution >= 4 is 41.7 Å². The predicted molar refractivity (Wildman–Crippen MR) is 142 cm³/mol. The molecule has 0 saturated heterocycles. The molecule has 2 aliphatic carbocycles. The van der Waals surface area contributed by atoms with Gasteiger partial charge < -0.3 is 16.1 Å². The van der Waals surface area contributed by atoms with E-state index in [1.54, 1.807) is 18.3 Å². The summed E-state index contributed by atoms with van der Waals surface area (Å²) in [6, 6.07) is 13.4. The van der Waals surface area contributed by atoms with Gasteiger partial charge in [0.15, 0.2) is 0 Å². The van der Waals surface area contributed by atoms with Gasteiger partial charge in [0.05, 0.1) is 32.9 Å². The number of hydrogen-bond acceptors (Lipinski definition) is 7.